The van der Waals surface area contributed by atoms with Crippen LogP contribution in [0.1, 0.15) is 29.2 Å². The van der Waals surface area contributed by atoms with Crippen LogP contribution in [0.4, 0.5) is 0 Å². The summed E-state index contributed by atoms with van der Waals surface area (Å²) in [6.07, 6.45) is 5.25. The molecule has 0 spiro atoms. The average molecular weight is 350 g/mol. The summed E-state index contributed by atoms with van der Waals surface area (Å²) in [7, 11) is 1.57. The molecule has 0 radical (unpaired) electrons. The van der Waals surface area contributed by atoms with E-state index in [9.17, 15) is 9.59 Å². The maximum Gasteiger partial charge on any atom is 0.346 e. The molecule has 1 fully saturated rings. The van der Waals surface area contributed by atoms with Crippen molar-refractivity contribution in [2.45, 2.75) is 25.4 Å². The van der Waals surface area contributed by atoms with Gasteiger partial charge in [0.2, 0.25) is 0 Å². The Balaban J connectivity index is 1.66. The van der Waals surface area contributed by atoms with Gasteiger partial charge in [-0.3, -0.25) is 14.3 Å². The molecule has 0 N–H and O–H groups in total. The Morgan fingerprint density at radius 3 is 2.62 bits per heavy atom. The van der Waals surface area contributed by atoms with Gasteiger partial charge in [-0.25, -0.2) is 9.48 Å². The second kappa shape index (κ2) is 6.59. The second-order valence-corrected chi connectivity index (χ2v) is 6.26. The number of carbonyl (C=O) groups excluding carboxylic acids is 1. The number of pyridine rings is 1. The van der Waals surface area contributed by atoms with E-state index >= 15 is 0 Å². The van der Waals surface area contributed by atoms with E-state index in [0.717, 1.165) is 18.4 Å². The quantitative estimate of drug-likeness (QED) is 0.638. The third-order valence-electron chi connectivity index (χ3n) is 4.41. The van der Waals surface area contributed by atoms with Crippen LogP contribution in [0.3, 0.4) is 0 Å². The van der Waals surface area contributed by atoms with Crippen LogP contribution in [0.15, 0.2) is 53.6 Å². The van der Waals surface area contributed by atoms with Gasteiger partial charge >= 0.3 is 5.69 Å². The summed E-state index contributed by atoms with van der Waals surface area (Å²) in [5, 5.41) is 4.42. The fraction of sp³-hybridized carbons (Fsp3) is 0.263. The number of aromatic nitrogens is 4. The predicted molar refractivity (Wildman–Crippen MR) is 95.3 cm³/mol. The van der Waals surface area contributed by atoms with Crippen LogP contribution < -0.4 is 10.4 Å². The lowest BCUT2D eigenvalue weighted by Crippen LogP contribution is -2.27. The van der Waals surface area contributed by atoms with Gasteiger partial charge in [-0.2, -0.15) is 0 Å². The highest BCUT2D eigenvalue weighted by Gasteiger charge is 2.30. The van der Waals surface area contributed by atoms with E-state index in [1.807, 2.05) is 6.07 Å². The number of carbonyl (C=O) groups is 1. The Labute approximate surface area is 149 Å². The van der Waals surface area contributed by atoms with Gasteiger partial charge in [-0.15, -0.1) is 5.10 Å². The maximum absolute atomic E-state index is 12.8. The molecule has 132 valence electrons. The van der Waals surface area contributed by atoms with Crippen molar-refractivity contribution in [3.8, 4) is 17.1 Å². The fourth-order valence-electron chi connectivity index (χ4n) is 2.88. The number of ether oxygens (including phenoxy) is 1. The van der Waals surface area contributed by atoms with Crippen LogP contribution in [0.5, 0.6) is 5.75 Å². The van der Waals surface area contributed by atoms with Crippen molar-refractivity contribution in [3.05, 3.63) is 64.8 Å². The molecule has 7 nitrogen and oxygen atoms in total. The van der Waals surface area contributed by atoms with Crippen LogP contribution in [0.25, 0.3) is 11.4 Å². The van der Waals surface area contributed by atoms with Crippen molar-refractivity contribution >= 4 is 5.78 Å². The molecule has 2 aromatic heterocycles. The first-order valence-electron chi connectivity index (χ1n) is 8.44. The summed E-state index contributed by atoms with van der Waals surface area (Å²) in [5.74, 6) is 1.07. The van der Waals surface area contributed by atoms with Crippen molar-refractivity contribution < 1.29 is 9.53 Å². The summed E-state index contributed by atoms with van der Waals surface area (Å²) < 4.78 is 8.02. The summed E-state index contributed by atoms with van der Waals surface area (Å²) in [6, 6.07) is 10.6. The topological polar surface area (TPSA) is 79.0 Å². The van der Waals surface area contributed by atoms with Crippen LogP contribution in [0.2, 0.25) is 0 Å². The van der Waals surface area contributed by atoms with Gasteiger partial charge in [0, 0.05) is 29.6 Å². The largest absolute Gasteiger partial charge is 0.497 e. The van der Waals surface area contributed by atoms with Gasteiger partial charge in [0.05, 0.1) is 7.11 Å². The minimum Gasteiger partial charge on any atom is -0.497 e. The van der Waals surface area contributed by atoms with Gasteiger partial charge in [-0.1, -0.05) is 0 Å². The highest BCUT2D eigenvalue weighted by molar-refractivity contribution is 5.95. The molecule has 2 heterocycles. The van der Waals surface area contributed by atoms with Gasteiger partial charge in [0.25, 0.3) is 0 Å². The van der Waals surface area contributed by atoms with E-state index in [1.165, 1.54) is 4.68 Å². The smallest absolute Gasteiger partial charge is 0.346 e. The zero-order valence-electron chi connectivity index (χ0n) is 14.3. The molecular formula is C19H18N4O3. The Kier molecular flexibility index (Phi) is 4.12. The molecule has 0 unspecified atom stereocenters. The van der Waals surface area contributed by atoms with E-state index in [-0.39, 0.29) is 24.1 Å². The lowest BCUT2D eigenvalue weighted by Gasteiger charge is -2.02. The number of nitrogens with zero attached hydrogens (tertiary/aromatic N) is 4. The second-order valence-electron chi connectivity index (χ2n) is 6.26. The number of methoxy groups -OCH3 is 1. The zero-order chi connectivity index (χ0) is 18.1. The van der Waals surface area contributed by atoms with E-state index in [0.29, 0.717) is 17.1 Å². The number of benzene rings is 1. The van der Waals surface area contributed by atoms with Crippen molar-refractivity contribution in [1.82, 2.24) is 19.3 Å². The first-order valence-corrected chi connectivity index (χ1v) is 8.44. The lowest BCUT2D eigenvalue weighted by atomic mass is 10.1. The summed E-state index contributed by atoms with van der Waals surface area (Å²) >= 11 is 0. The molecule has 1 aliphatic carbocycles. The maximum atomic E-state index is 12.8. The fourth-order valence-corrected chi connectivity index (χ4v) is 2.88. The monoisotopic (exact) mass is 350 g/mol. The van der Waals surface area contributed by atoms with Gasteiger partial charge in [-0.05, 0) is 49.2 Å². The van der Waals surface area contributed by atoms with E-state index in [2.05, 4.69) is 10.1 Å². The molecule has 0 aliphatic heterocycles. The molecule has 1 aliphatic rings. The number of hydrogen-bond donors (Lipinski definition) is 0. The molecule has 26 heavy (non-hydrogen) atoms. The molecule has 4 rings (SSSR count). The minimum atomic E-state index is -0.256. The Bertz CT molecular complexity index is 986. The van der Waals surface area contributed by atoms with Gasteiger partial charge in [0.15, 0.2) is 11.6 Å². The molecule has 0 bridgehead atoms. The molecule has 7 heteroatoms. The highest BCUT2D eigenvalue weighted by atomic mass is 16.5. The molecule has 1 saturated carbocycles. The van der Waals surface area contributed by atoms with Crippen LogP contribution in [0, 0.1) is 0 Å². The molecule has 0 atom stereocenters. The molecule has 1 aromatic carbocycles. The zero-order valence-corrected chi connectivity index (χ0v) is 14.3. The van der Waals surface area contributed by atoms with Crippen molar-refractivity contribution in [1.29, 1.82) is 0 Å². The molecule has 0 amide bonds. The number of Topliss-reactive ketones (excluding diaryl/α,β-unsaturated/α-hetero) is 1. The standard InChI is InChI=1S/C19H18N4O3/c1-26-16-8-4-13(5-9-16)17(24)12-22-19(25)23(15-6-7-15)18(21-22)14-3-2-10-20-11-14/h2-5,8-11,15H,6-7,12H2,1H3. The Hall–Kier alpha value is -3.22. The van der Waals surface area contributed by atoms with Crippen molar-refractivity contribution in [2.24, 2.45) is 0 Å². The summed E-state index contributed by atoms with van der Waals surface area (Å²) in [5.41, 5.74) is 1.03. The van der Waals surface area contributed by atoms with Gasteiger partial charge < -0.3 is 4.74 Å². The van der Waals surface area contributed by atoms with Crippen LogP contribution >= 0.6 is 0 Å². The number of rotatable bonds is 6. The molecular weight excluding hydrogens is 332 g/mol. The van der Waals surface area contributed by atoms with Gasteiger partial charge in [0.1, 0.15) is 12.3 Å². The van der Waals surface area contributed by atoms with Crippen molar-refractivity contribution in [2.75, 3.05) is 7.11 Å². The third kappa shape index (κ3) is 3.03. The predicted octanol–water partition coefficient (Wildman–Crippen LogP) is 2.33. The van der Waals surface area contributed by atoms with Crippen molar-refractivity contribution in [3.63, 3.8) is 0 Å². The Morgan fingerprint density at radius 2 is 2.00 bits per heavy atom. The summed E-state index contributed by atoms with van der Waals surface area (Å²) in [6.45, 7) is -0.0991. The van der Waals surface area contributed by atoms with Crippen LogP contribution in [-0.4, -0.2) is 32.2 Å². The first-order chi connectivity index (χ1) is 12.7. The van der Waals surface area contributed by atoms with E-state index < -0.39 is 0 Å². The Morgan fingerprint density at radius 1 is 1.23 bits per heavy atom. The minimum absolute atomic E-state index is 0.0991. The first kappa shape index (κ1) is 16.3. The summed E-state index contributed by atoms with van der Waals surface area (Å²) in [4.78, 5) is 29.4. The van der Waals surface area contributed by atoms with Crippen LogP contribution in [-0.2, 0) is 6.54 Å². The van der Waals surface area contributed by atoms with E-state index in [1.54, 1.807) is 54.4 Å². The number of hydrogen-bond acceptors (Lipinski definition) is 5. The SMILES string of the molecule is COc1ccc(C(=O)Cn2nc(-c3cccnc3)n(C3CC3)c2=O)cc1. The lowest BCUT2D eigenvalue weighted by molar-refractivity contribution is 0.0966. The third-order valence-corrected chi connectivity index (χ3v) is 4.41. The molecule has 3 aromatic rings. The highest BCUT2D eigenvalue weighted by Crippen LogP contribution is 2.36. The number of ketones is 1. The van der Waals surface area contributed by atoms with E-state index in [4.69, 9.17) is 4.74 Å². The normalized spacial score (nSPS) is 13.6. The molecule has 0 saturated heterocycles. The average Bonchev–Trinajstić information content (AvgIpc) is 3.47.